The Hall–Kier alpha value is -1.10. The Morgan fingerprint density at radius 1 is 1.39 bits per heavy atom. The molecule has 0 aliphatic carbocycles. The fourth-order valence-electron chi connectivity index (χ4n) is 2.11. The predicted molar refractivity (Wildman–Crippen MR) is 69.1 cm³/mol. The first-order chi connectivity index (χ1) is 8.54. The summed E-state index contributed by atoms with van der Waals surface area (Å²) in [5, 5.41) is 2.62. The lowest BCUT2D eigenvalue weighted by molar-refractivity contribution is -0.154. The van der Waals surface area contributed by atoms with Gasteiger partial charge in [0, 0.05) is 12.6 Å². The maximum Gasteiger partial charge on any atom is 0.396 e. The molecule has 0 aromatic rings. The Balaban J connectivity index is 2.26. The molecule has 1 saturated heterocycles. The first-order valence-electron chi connectivity index (χ1n) is 6.73. The van der Waals surface area contributed by atoms with Gasteiger partial charge in [0.2, 0.25) is 0 Å². The van der Waals surface area contributed by atoms with Gasteiger partial charge in [0.05, 0.1) is 6.61 Å². The normalized spacial score (nSPS) is 19.3. The molecule has 104 valence electrons. The zero-order valence-corrected chi connectivity index (χ0v) is 11.6. The molecule has 5 nitrogen and oxygen atoms in total. The highest BCUT2D eigenvalue weighted by Crippen LogP contribution is 2.17. The summed E-state index contributed by atoms with van der Waals surface area (Å²) in [4.78, 5) is 24.8. The second kappa shape index (κ2) is 7.36. The monoisotopic (exact) mass is 256 g/mol. The van der Waals surface area contributed by atoms with Gasteiger partial charge in [-0.1, -0.05) is 6.92 Å². The van der Waals surface area contributed by atoms with Crippen molar-refractivity contribution in [3.63, 3.8) is 0 Å². The fraction of sp³-hybridized carbons (Fsp3) is 0.846. The molecular weight excluding hydrogens is 232 g/mol. The van der Waals surface area contributed by atoms with Crippen LogP contribution < -0.4 is 5.32 Å². The molecule has 1 unspecified atom stereocenters. The molecule has 1 rings (SSSR count). The number of esters is 1. The van der Waals surface area contributed by atoms with Gasteiger partial charge in [0.25, 0.3) is 0 Å². The zero-order valence-electron chi connectivity index (χ0n) is 11.6. The second-order valence-corrected chi connectivity index (χ2v) is 5.00. The number of likely N-dealkylation sites (tertiary alicyclic amines) is 1. The highest BCUT2D eigenvalue weighted by Gasteiger charge is 2.22. The molecule has 0 saturated carbocycles. The van der Waals surface area contributed by atoms with E-state index in [1.807, 2.05) is 0 Å². The first kappa shape index (κ1) is 15.0. The molecule has 5 heteroatoms. The van der Waals surface area contributed by atoms with Crippen molar-refractivity contribution in [1.82, 2.24) is 10.2 Å². The molecule has 0 aromatic carbocycles. The quantitative estimate of drug-likeness (QED) is 0.597. The van der Waals surface area contributed by atoms with Gasteiger partial charge in [0.1, 0.15) is 0 Å². The topological polar surface area (TPSA) is 58.6 Å². The molecule has 1 amide bonds. The van der Waals surface area contributed by atoms with E-state index >= 15 is 0 Å². The molecule has 1 fully saturated rings. The summed E-state index contributed by atoms with van der Waals surface area (Å²) in [6, 6.07) is 0.260. The van der Waals surface area contributed by atoms with E-state index in [0.29, 0.717) is 6.54 Å². The minimum atomic E-state index is -0.794. The SMILES string of the molecule is CCOC(=O)C(=O)NCC(C)N1CCC(C)CC1. The largest absolute Gasteiger partial charge is 0.459 e. The predicted octanol–water partition coefficient (Wildman–Crippen LogP) is 0.786. The van der Waals surface area contributed by atoms with E-state index in [1.165, 1.54) is 12.8 Å². The van der Waals surface area contributed by atoms with Gasteiger partial charge in [-0.2, -0.15) is 0 Å². The van der Waals surface area contributed by atoms with Crippen molar-refractivity contribution in [2.24, 2.45) is 5.92 Å². The van der Waals surface area contributed by atoms with Crippen molar-refractivity contribution in [2.45, 2.75) is 39.7 Å². The lowest BCUT2D eigenvalue weighted by atomic mass is 9.98. The molecule has 1 aliphatic rings. The highest BCUT2D eigenvalue weighted by atomic mass is 16.5. The molecular formula is C13H24N2O3. The van der Waals surface area contributed by atoms with Crippen LogP contribution in [0, 0.1) is 5.92 Å². The molecule has 0 radical (unpaired) electrons. The maximum atomic E-state index is 11.4. The van der Waals surface area contributed by atoms with Crippen molar-refractivity contribution in [3.8, 4) is 0 Å². The molecule has 18 heavy (non-hydrogen) atoms. The van der Waals surface area contributed by atoms with E-state index in [1.54, 1.807) is 6.92 Å². The van der Waals surface area contributed by atoms with Crippen LogP contribution in [0.2, 0.25) is 0 Å². The van der Waals surface area contributed by atoms with Gasteiger partial charge in [0.15, 0.2) is 0 Å². The van der Waals surface area contributed by atoms with Crippen LogP contribution in [0.1, 0.15) is 33.6 Å². The van der Waals surface area contributed by atoms with Crippen LogP contribution in [0.3, 0.4) is 0 Å². The van der Waals surface area contributed by atoms with Crippen LogP contribution in [-0.4, -0.2) is 49.1 Å². The summed E-state index contributed by atoms with van der Waals surface area (Å²) in [7, 11) is 0. The van der Waals surface area contributed by atoms with Gasteiger partial charge in [-0.15, -0.1) is 0 Å². The van der Waals surface area contributed by atoms with Crippen molar-refractivity contribution in [3.05, 3.63) is 0 Å². The number of hydrogen-bond acceptors (Lipinski definition) is 4. The van der Waals surface area contributed by atoms with Crippen molar-refractivity contribution in [1.29, 1.82) is 0 Å². The molecule has 1 aliphatic heterocycles. The van der Waals surface area contributed by atoms with Gasteiger partial charge >= 0.3 is 11.9 Å². The van der Waals surface area contributed by atoms with E-state index < -0.39 is 11.9 Å². The van der Waals surface area contributed by atoms with Gasteiger partial charge in [-0.25, -0.2) is 4.79 Å². The molecule has 1 N–H and O–H groups in total. The Labute approximate surface area is 109 Å². The summed E-state index contributed by atoms with van der Waals surface area (Å²) in [6.07, 6.45) is 2.41. The standard InChI is InChI=1S/C13H24N2O3/c1-4-18-13(17)12(16)14-9-11(3)15-7-5-10(2)6-8-15/h10-11H,4-9H2,1-3H3,(H,14,16). The highest BCUT2D eigenvalue weighted by molar-refractivity contribution is 6.32. The molecule has 1 atom stereocenters. The number of ether oxygens (including phenoxy) is 1. The minimum absolute atomic E-state index is 0.228. The van der Waals surface area contributed by atoms with Gasteiger partial charge in [-0.05, 0) is 45.7 Å². The Kier molecular flexibility index (Phi) is 6.12. The Morgan fingerprint density at radius 2 is 2.00 bits per heavy atom. The van der Waals surface area contributed by atoms with Crippen molar-refractivity contribution >= 4 is 11.9 Å². The van der Waals surface area contributed by atoms with Crippen LogP contribution in [0.25, 0.3) is 0 Å². The Morgan fingerprint density at radius 3 is 2.56 bits per heavy atom. The van der Waals surface area contributed by atoms with Crippen molar-refractivity contribution < 1.29 is 14.3 Å². The molecule has 0 spiro atoms. The van der Waals surface area contributed by atoms with Gasteiger partial charge < -0.3 is 10.1 Å². The van der Waals surface area contributed by atoms with Crippen LogP contribution in [-0.2, 0) is 14.3 Å². The number of rotatable bonds is 4. The molecule has 0 aromatic heterocycles. The second-order valence-electron chi connectivity index (χ2n) is 5.00. The van der Waals surface area contributed by atoms with Crippen molar-refractivity contribution in [2.75, 3.05) is 26.2 Å². The number of nitrogens with zero attached hydrogens (tertiary/aromatic N) is 1. The first-order valence-corrected chi connectivity index (χ1v) is 6.73. The third-order valence-corrected chi connectivity index (χ3v) is 3.46. The van der Waals surface area contributed by atoms with E-state index in [4.69, 9.17) is 0 Å². The molecule has 0 bridgehead atoms. The summed E-state index contributed by atoms with van der Waals surface area (Å²) in [5.41, 5.74) is 0. The number of piperidine rings is 1. The lowest BCUT2D eigenvalue weighted by Gasteiger charge is -2.34. The summed E-state index contributed by atoms with van der Waals surface area (Å²) >= 11 is 0. The van der Waals surface area contributed by atoms with Crippen LogP contribution in [0.5, 0.6) is 0 Å². The van der Waals surface area contributed by atoms with Crippen LogP contribution in [0.4, 0.5) is 0 Å². The number of amides is 1. The number of hydrogen-bond donors (Lipinski definition) is 1. The van der Waals surface area contributed by atoms with Crippen LogP contribution in [0.15, 0.2) is 0 Å². The Bertz CT molecular complexity index is 286. The number of carbonyl (C=O) groups is 2. The fourth-order valence-corrected chi connectivity index (χ4v) is 2.11. The van der Waals surface area contributed by atoms with E-state index in [2.05, 4.69) is 28.8 Å². The summed E-state index contributed by atoms with van der Waals surface area (Å²) in [6.45, 7) is 8.88. The van der Waals surface area contributed by atoms with Gasteiger partial charge in [-0.3, -0.25) is 9.69 Å². The zero-order chi connectivity index (χ0) is 13.5. The summed E-state index contributed by atoms with van der Waals surface area (Å²) < 4.78 is 4.63. The smallest absolute Gasteiger partial charge is 0.396 e. The van der Waals surface area contributed by atoms with Crippen LogP contribution >= 0.6 is 0 Å². The lowest BCUT2D eigenvalue weighted by Crippen LogP contribution is -2.46. The third-order valence-electron chi connectivity index (χ3n) is 3.46. The number of carbonyl (C=O) groups excluding carboxylic acids is 2. The van der Waals surface area contributed by atoms with E-state index in [9.17, 15) is 9.59 Å². The molecule has 1 heterocycles. The van der Waals surface area contributed by atoms with E-state index in [-0.39, 0.29) is 12.6 Å². The summed E-state index contributed by atoms with van der Waals surface area (Å²) in [5.74, 6) is -0.645. The average Bonchev–Trinajstić information content (AvgIpc) is 2.36. The van der Waals surface area contributed by atoms with E-state index in [0.717, 1.165) is 19.0 Å². The minimum Gasteiger partial charge on any atom is -0.459 e. The third kappa shape index (κ3) is 4.64. The number of nitrogens with one attached hydrogen (secondary N) is 1. The average molecular weight is 256 g/mol. The maximum absolute atomic E-state index is 11.4.